The predicted molar refractivity (Wildman–Crippen MR) is 120 cm³/mol. The smallest absolute Gasteiger partial charge is 0.165 e. The van der Waals surface area contributed by atoms with E-state index in [9.17, 15) is 0 Å². The SMILES string of the molecule is CCc1nc2c(-c3ccc(Cl)cc3Cl)nccn2c1N(CC1CCC1)CC1CC1. The molecule has 2 aromatic heterocycles. The van der Waals surface area contributed by atoms with Crippen molar-refractivity contribution in [2.45, 2.75) is 45.4 Å². The minimum Gasteiger partial charge on any atom is -0.356 e. The number of anilines is 1. The van der Waals surface area contributed by atoms with Gasteiger partial charge in [0.05, 0.1) is 10.7 Å². The van der Waals surface area contributed by atoms with E-state index in [2.05, 4.69) is 21.2 Å². The molecule has 152 valence electrons. The fraction of sp³-hybridized carbons (Fsp3) is 0.478. The van der Waals surface area contributed by atoms with Crippen LogP contribution in [0.4, 0.5) is 5.82 Å². The van der Waals surface area contributed by atoms with Gasteiger partial charge in [0.15, 0.2) is 5.65 Å². The Labute approximate surface area is 181 Å². The molecule has 6 heteroatoms. The molecule has 0 atom stereocenters. The molecule has 0 saturated heterocycles. The zero-order valence-corrected chi connectivity index (χ0v) is 18.3. The van der Waals surface area contributed by atoms with Gasteiger partial charge in [0.1, 0.15) is 11.5 Å². The standard InChI is InChI=1S/C23H26Cl2N4/c1-2-20-23(28(14-16-6-7-16)13-15-4-3-5-15)29-11-10-26-21(22(29)27-20)18-9-8-17(24)12-19(18)25/h8-12,15-16H,2-7,13-14H2,1H3. The molecule has 0 bridgehead atoms. The van der Waals surface area contributed by atoms with Crippen molar-refractivity contribution in [2.24, 2.45) is 11.8 Å². The van der Waals surface area contributed by atoms with E-state index >= 15 is 0 Å². The third-order valence-electron chi connectivity index (χ3n) is 6.29. The van der Waals surface area contributed by atoms with Crippen molar-refractivity contribution in [3.05, 3.63) is 46.3 Å². The van der Waals surface area contributed by atoms with Crippen molar-refractivity contribution >= 4 is 34.7 Å². The first-order chi connectivity index (χ1) is 14.1. The van der Waals surface area contributed by atoms with Crippen LogP contribution in [0.3, 0.4) is 0 Å². The molecule has 0 spiro atoms. The topological polar surface area (TPSA) is 33.4 Å². The summed E-state index contributed by atoms with van der Waals surface area (Å²) in [4.78, 5) is 12.3. The first kappa shape index (κ1) is 19.2. The molecular weight excluding hydrogens is 403 g/mol. The number of nitrogens with zero attached hydrogens (tertiary/aromatic N) is 4. The molecular formula is C23H26Cl2N4. The highest BCUT2D eigenvalue weighted by molar-refractivity contribution is 6.36. The Morgan fingerprint density at radius 1 is 1.10 bits per heavy atom. The summed E-state index contributed by atoms with van der Waals surface area (Å²) < 4.78 is 2.23. The van der Waals surface area contributed by atoms with E-state index in [1.165, 1.54) is 37.9 Å². The maximum atomic E-state index is 6.51. The Bertz CT molecular complexity index is 1040. The summed E-state index contributed by atoms with van der Waals surface area (Å²) in [5, 5.41) is 1.23. The number of rotatable bonds is 7. The van der Waals surface area contributed by atoms with Gasteiger partial charge in [0.25, 0.3) is 0 Å². The Balaban J connectivity index is 1.63. The number of imidazole rings is 1. The molecule has 0 unspecified atom stereocenters. The van der Waals surface area contributed by atoms with E-state index in [4.69, 9.17) is 28.2 Å². The third-order valence-corrected chi connectivity index (χ3v) is 6.83. The molecule has 0 N–H and O–H groups in total. The summed E-state index contributed by atoms with van der Waals surface area (Å²) in [5.74, 6) is 2.89. The second kappa shape index (κ2) is 7.81. The van der Waals surface area contributed by atoms with E-state index in [0.29, 0.717) is 10.0 Å². The summed E-state index contributed by atoms with van der Waals surface area (Å²) in [6.45, 7) is 4.46. The average molecular weight is 429 g/mol. The zero-order valence-electron chi connectivity index (χ0n) is 16.7. The van der Waals surface area contributed by atoms with E-state index in [1.54, 1.807) is 6.07 Å². The Kier molecular flexibility index (Phi) is 5.17. The van der Waals surface area contributed by atoms with Crippen LogP contribution >= 0.6 is 23.2 Å². The van der Waals surface area contributed by atoms with Crippen molar-refractivity contribution in [2.75, 3.05) is 18.0 Å². The van der Waals surface area contributed by atoms with Crippen LogP contribution in [0.5, 0.6) is 0 Å². The maximum absolute atomic E-state index is 6.51. The number of aromatic nitrogens is 3. The van der Waals surface area contributed by atoms with Gasteiger partial charge in [-0.3, -0.25) is 9.38 Å². The van der Waals surface area contributed by atoms with Gasteiger partial charge >= 0.3 is 0 Å². The fourth-order valence-corrected chi connectivity index (χ4v) is 4.80. The second-order valence-electron chi connectivity index (χ2n) is 8.47. The van der Waals surface area contributed by atoms with Crippen LogP contribution in [0.15, 0.2) is 30.6 Å². The van der Waals surface area contributed by atoms with E-state index in [0.717, 1.165) is 53.9 Å². The molecule has 2 saturated carbocycles. The second-order valence-corrected chi connectivity index (χ2v) is 9.32. The predicted octanol–water partition coefficient (Wildman–Crippen LogP) is 6.28. The lowest BCUT2D eigenvalue weighted by molar-refractivity contribution is 0.315. The lowest BCUT2D eigenvalue weighted by Gasteiger charge is -2.34. The van der Waals surface area contributed by atoms with Gasteiger partial charge in [-0.15, -0.1) is 0 Å². The number of hydrogen-bond acceptors (Lipinski definition) is 3. The van der Waals surface area contributed by atoms with Crippen molar-refractivity contribution < 1.29 is 0 Å². The summed E-state index contributed by atoms with van der Waals surface area (Å²) in [6, 6.07) is 5.56. The van der Waals surface area contributed by atoms with Crippen molar-refractivity contribution in [1.82, 2.24) is 14.4 Å². The minimum atomic E-state index is 0.602. The largest absolute Gasteiger partial charge is 0.356 e. The van der Waals surface area contributed by atoms with Gasteiger partial charge < -0.3 is 4.90 Å². The van der Waals surface area contributed by atoms with Crippen molar-refractivity contribution in [1.29, 1.82) is 0 Å². The first-order valence-corrected chi connectivity index (χ1v) is 11.5. The summed E-state index contributed by atoms with van der Waals surface area (Å²) in [6.07, 6.45) is 11.6. The summed E-state index contributed by atoms with van der Waals surface area (Å²) >= 11 is 12.6. The molecule has 2 aliphatic carbocycles. The first-order valence-electron chi connectivity index (χ1n) is 10.7. The van der Waals surface area contributed by atoms with E-state index in [1.807, 2.05) is 24.5 Å². The summed E-state index contributed by atoms with van der Waals surface area (Å²) in [5.41, 5.74) is 3.70. The third kappa shape index (κ3) is 3.73. The van der Waals surface area contributed by atoms with E-state index in [-0.39, 0.29) is 0 Å². The molecule has 2 heterocycles. The van der Waals surface area contributed by atoms with Gasteiger partial charge in [-0.25, -0.2) is 4.98 Å². The van der Waals surface area contributed by atoms with Gasteiger partial charge in [-0.1, -0.05) is 36.5 Å². The number of benzene rings is 1. The van der Waals surface area contributed by atoms with Gasteiger partial charge in [0, 0.05) is 36.1 Å². The van der Waals surface area contributed by atoms with Crippen LogP contribution in [0, 0.1) is 11.8 Å². The lowest BCUT2D eigenvalue weighted by atomic mass is 9.85. The van der Waals surface area contributed by atoms with Crippen LogP contribution in [-0.2, 0) is 6.42 Å². The van der Waals surface area contributed by atoms with Gasteiger partial charge in [-0.2, -0.15) is 0 Å². The van der Waals surface area contributed by atoms with Crippen LogP contribution in [-0.4, -0.2) is 27.5 Å². The van der Waals surface area contributed by atoms with Crippen molar-refractivity contribution in [3.8, 4) is 11.3 Å². The molecule has 2 fully saturated rings. The fourth-order valence-electron chi connectivity index (χ4n) is 4.30. The normalized spacial score (nSPS) is 16.9. The highest BCUT2D eigenvalue weighted by Gasteiger charge is 2.30. The van der Waals surface area contributed by atoms with Gasteiger partial charge in [0.2, 0.25) is 0 Å². The molecule has 0 radical (unpaired) electrons. The number of aryl methyl sites for hydroxylation is 1. The van der Waals surface area contributed by atoms with Crippen molar-refractivity contribution in [3.63, 3.8) is 0 Å². The monoisotopic (exact) mass is 428 g/mol. The molecule has 0 amide bonds. The molecule has 5 rings (SSSR count). The molecule has 4 nitrogen and oxygen atoms in total. The molecule has 2 aliphatic rings. The van der Waals surface area contributed by atoms with Crippen LogP contribution in [0.2, 0.25) is 10.0 Å². The zero-order chi connectivity index (χ0) is 20.0. The number of hydrogen-bond donors (Lipinski definition) is 0. The van der Waals surface area contributed by atoms with Crippen LogP contribution in [0.1, 0.15) is 44.7 Å². The Morgan fingerprint density at radius 3 is 2.48 bits per heavy atom. The van der Waals surface area contributed by atoms with Crippen LogP contribution in [0.25, 0.3) is 16.9 Å². The number of fused-ring (bicyclic) bond motifs is 1. The van der Waals surface area contributed by atoms with Crippen LogP contribution < -0.4 is 4.90 Å². The quantitative estimate of drug-likeness (QED) is 0.443. The lowest BCUT2D eigenvalue weighted by Crippen LogP contribution is -2.35. The Morgan fingerprint density at radius 2 is 1.86 bits per heavy atom. The highest BCUT2D eigenvalue weighted by atomic mass is 35.5. The maximum Gasteiger partial charge on any atom is 0.165 e. The highest BCUT2D eigenvalue weighted by Crippen LogP contribution is 2.38. The van der Waals surface area contributed by atoms with Gasteiger partial charge in [-0.05, 0) is 62.1 Å². The Hall–Kier alpha value is -1.78. The minimum absolute atomic E-state index is 0.602. The summed E-state index contributed by atoms with van der Waals surface area (Å²) in [7, 11) is 0. The average Bonchev–Trinajstić information content (AvgIpc) is 3.41. The molecule has 0 aliphatic heterocycles. The van der Waals surface area contributed by atoms with E-state index < -0.39 is 0 Å². The molecule has 29 heavy (non-hydrogen) atoms. The molecule has 3 aromatic rings. The molecule has 1 aromatic carbocycles. The number of halogens is 2.